The molecule has 3 rings (SSSR count). The van der Waals surface area contributed by atoms with Crippen LogP contribution in [0, 0.1) is 24.2 Å². The predicted octanol–water partition coefficient (Wildman–Crippen LogP) is 2.95. The van der Waals surface area contributed by atoms with Crippen LogP contribution in [0.15, 0.2) is 60.8 Å². The number of aryl methyl sites for hydroxylation is 1. The van der Waals surface area contributed by atoms with Gasteiger partial charge in [0.25, 0.3) is 5.69 Å². The lowest BCUT2D eigenvalue weighted by molar-refractivity contribution is -0.698. The van der Waals surface area contributed by atoms with E-state index in [2.05, 4.69) is 27.3 Å². The van der Waals surface area contributed by atoms with Crippen molar-refractivity contribution in [2.24, 2.45) is 0 Å². The van der Waals surface area contributed by atoms with Gasteiger partial charge in [-0.3, -0.25) is 0 Å². The number of nitrogens with zero attached hydrogens (tertiary/aromatic N) is 2. The molecule has 104 valence electrons. The summed E-state index contributed by atoms with van der Waals surface area (Å²) in [6.07, 6.45) is 8.02. The van der Waals surface area contributed by atoms with Crippen molar-refractivity contribution in [2.45, 2.75) is 13.0 Å². The second-order valence-corrected chi connectivity index (χ2v) is 4.87. The molecule has 0 N–H and O–H groups in total. The zero-order valence-corrected chi connectivity index (χ0v) is 12.2. The summed E-state index contributed by atoms with van der Waals surface area (Å²) in [5.74, 6) is 8.98. The molecule has 0 fully saturated rings. The van der Waals surface area contributed by atoms with Gasteiger partial charge in [-0.1, -0.05) is 24.3 Å². The fraction of sp³-hybridized carbons (Fsp3) is 0.100. The van der Waals surface area contributed by atoms with Crippen LogP contribution in [0.4, 0.5) is 0 Å². The second-order valence-electron chi connectivity index (χ2n) is 4.87. The maximum atomic E-state index is 5.33. The van der Waals surface area contributed by atoms with E-state index in [1.165, 1.54) is 0 Å². The van der Waals surface area contributed by atoms with Crippen molar-refractivity contribution in [1.29, 1.82) is 0 Å². The van der Waals surface area contributed by atoms with Crippen molar-refractivity contribution >= 4 is 10.9 Å². The van der Waals surface area contributed by atoms with Crippen LogP contribution in [0.3, 0.4) is 0 Å². The van der Waals surface area contributed by atoms with Gasteiger partial charge < -0.3 is 0 Å². The van der Waals surface area contributed by atoms with E-state index in [9.17, 15) is 0 Å². The summed E-state index contributed by atoms with van der Waals surface area (Å²) in [6, 6.07) is 18.0. The number of para-hydroxylation sites is 1. The van der Waals surface area contributed by atoms with Gasteiger partial charge in [0.2, 0.25) is 0 Å². The lowest BCUT2D eigenvalue weighted by Crippen LogP contribution is -2.36. The largest absolute Gasteiger partial charge is 0.257 e. The molecule has 0 bridgehead atoms. The van der Waals surface area contributed by atoms with E-state index in [1.807, 2.05) is 60.8 Å². The molecule has 2 heteroatoms. The Balaban J connectivity index is 1.93. The van der Waals surface area contributed by atoms with Crippen molar-refractivity contribution < 1.29 is 4.57 Å². The minimum absolute atomic E-state index is 0.692. The van der Waals surface area contributed by atoms with Crippen LogP contribution in [0.5, 0.6) is 0 Å². The van der Waals surface area contributed by atoms with Gasteiger partial charge in [-0.2, -0.15) is 4.57 Å². The highest BCUT2D eigenvalue weighted by molar-refractivity contribution is 5.78. The first-order valence-corrected chi connectivity index (χ1v) is 7.16. The molecule has 0 spiro atoms. The highest BCUT2D eigenvalue weighted by atomic mass is 14.9. The fourth-order valence-electron chi connectivity index (χ4n) is 2.23. The van der Waals surface area contributed by atoms with E-state index in [0.29, 0.717) is 6.42 Å². The number of hydrogen-bond donors (Lipinski definition) is 0. The molecular weight excluding hydrogens is 268 g/mol. The third kappa shape index (κ3) is 3.14. The summed E-state index contributed by atoms with van der Waals surface area (Å²) >= 11 is 0. The summed E-state index contributed by atoms with van der Waals surface area (Å²) in [7, 11) is 0. The summed E-state index contributed by atoms with van der Waals surface area (Å²) in [5, 5.41) is 1.12. The first-order chi connectivity index (χ1) is 10.9. The predicted molar refractivity (Wildman–Crippen MR) is 87.8 cm³/mol. The highest BCUT2D eigenvalue weighted by Crippen LogP contribution is 2.11. The standard InChI is InChI=1S/C20H15N2/c1-2-3-15-22-16-7-6-9-19(22)14-13-18-12-11-17-8-4-5-10-20(17)21-18/h1,4-12,16H,3,15H2/q+1. The SMILES string of the molecule is C#CCC[n+]1ccccc1C#Cc1ccc2ccccc2n1. The lowest BCUT2D eigenvalue weighted by atomic mass is 10.2. The molecule has 2 heterocycles. The molecule has 0 unspecified atom stereocenters. The van der Waals surface area contributed by atoms with E-state index < -0.39 is 0 Å². The number of pyridine rings is 2. The Kier molecular flexibility index (Phi) is 4.14. The molecule has 3 aromatic rings. The first kappa shape index (κ1) is 13.9. The molecule has 2 aromatic heterocycles. The average Bonchev–Trinajstić information content (AvgIpc) is 2.58. The molecule has 0 amide bonds. The molecule has 22 heavy (non-hydrogen) atoms. The zero-order chi connectivity index (χ0) is 15.2. The third-order valence-corrected chi connectivity index (χ3v) is 3.35. The van der Waals surface area contributed by atoms with E-state index >= 15 is 0 Å². The van der Waals surface area contributed by atoms with Crippen molar-refractivity contribution in [3.8, 4) is 24.2 Å². The van der Waals surface area contributed by atoms with Gasteiger partial charge in [-0.25, -0.2) is 4.98 Å². The number of fused-ring (bicyclic) bond motifs is 1. The number of benzene rings is 1. The van der Waals surface area contributed by atoms with Gasteiger partial charge in [-0.15, -0.1) is 12.3 Å². The van der Waals surface area contributed by atoms with E-state index in [1.54, 1.807) is 0 Å². The van der Waals surface area contributed by atoms with Crippen LogP contribution in [0.2, 0.25) is 0 Å². The van der Waals surface area contributed by atoms with Crippen LogP contribution in [-0.2, 0) is 6.54 Å². The summed E-state index contributed by atoms with van der Waals surface area (Å²) in [5.41, 5.74) is 2.67. The van der Waals surface area contributed by atoms with E-state index in [-0.39, 0.29) is 0 Å². The molecule has 0 radical (unpaired) electrons. The van der Waals surface area contributed by atoms with Crippen LogP contribution >= 0.6 is 0 Å². The van der Waals surface area contributed by atoms with Crippen molar-refractivity contribution in [1.82, 2.24) is 4.98 Å². The topological polar surface area (TPSA) is 16.8 Å². The molecule has 0 aliphatic rings. The van der Waals surface area contributed by atoms with Crippen LogP contribution in [0.25, 0.3) is 10.9 Å². The molecular formula is C20H15N2+. The fourth-order valence-corrected chi connectivity index (χ4v) is 2.23. The van der Waals surface area contributed by atoms with Crippen molar-refractivity contribution in [3.05, 3.63) is 72.2 Å². The normalized spacial score (nSPS) is 9.77. The average molecular weight is 283 g/mol. The Labute approximate surface area is 130 Å². The third-order valence-electron chi connectivity index (χ3n) is 3.35. The Hall–Kier alpha value is -3.10. The number of aromatic nitrogens is 2. The van der Waals surface area contributed by atoms with Crippen molar-refractivity contribution in [2.75, 3.05) is 0 Å². The van der Waals surface area contributed by atoms with E-state index in [0.717, 1.165) is 28.8 Å². The second kappa shape index (κ2) is 6.57. The summed E-state index contributed by atoms with van der Waals surface area (Å²) in [6.45, 7) is 0.770. The maximum Gasteiger partial charge on any atom is 0.257 e. The molecule has 0 atom stereocenters. The number of terminal acetylenes is 1. The molecule has 1 aromatic carbocycles. The Morgan fingerprint density at radius 2 is 1.82 bits per heavy atom. The zero-order valence-electron chi connectivity index (χ0n) is 12.2. The lowest BCUT2D eigenvalue weighted by Gasteiger charge is -1.97. The molecule has 0 saturated carbocycles. The van der Waals surface area contributed by atoms with Crippen LogP contribution < -0.4 is 4.57 Å². The quantitative estimate of drug-likeness (QED) is 0.522. The molecule has 0 aliphatic carbocycles. The van der Waals surface area contributed by atoms with Gasteiger partial charge in [0.15, 0.2) is 12.7 Å². The number of hydrogen-bond acceptors (Lipinski definition) is 1. The van der Waals surface area contributed by atoms with Crippen molar-refractivity contribution in [3.63, 3.8) is 0 Å². The highest BCUT2D eigenvalue weighted by Gasteiger charge is 2.05. The monoisotopic (exact) mass is 283 g/mol. The Morgan fingerprint density at radius 1 is 0.955 bits per heavy atom. The minimum atomic E-state index is 0.692. The van der Waals surface area contributed by atoms with Gasteiger partial charge >= 0.3 is 0 Å². The molecule has 0 aliphatic heterocycles. The maximum absolute atomic E-state index is 5.33. The van der Waals surface area contributed by atoms with Crippen LogP contribution in [-0.4, -0.2) is 4.98 Å². The molecule has 2 nitrogen and oxygen atoms in total. The summed E-state index contributed by atoms with van der Waals surface area (Å²) in [4.78, 5) is 4.57. The van der Waals surface area contributed by atoms with Crippen LogP contribution in [0.1, 0.15) is 17.8 Å². The number of rotatable bonds is 2. The summed E-state index contributed by atoms with van der Waals surface area (Å²) < 4.78 is 2.06. The van der Waals surface area contributed by atoms with Gasteiger partial charge in [0.1, 0.15) is 5.69 Å². The first-order valence-electron chi connectivity index (χ1n) is 7.16. The van der Waals surface area contributed by atoms with Gasteiger partial charge in [0, 0.05) is 23.4 Å². The smallest absolute Gasteiger partial charge is 0.239 e. The van der Waals surface area contributed by atoms with Gasteiger partial charge in [-0.05, 0) is 24.1 Å². The molecule has 0 saturated heterocycles. The van der Waals surface area contributed by atoms with Gasteiger partial charge in [0.05, 0.1) is 11.9 Å². The Bertz CT molecular complexity index is 908. The van der Waals surface area contributed by atoms with E-state index in [4.69, 9.17) is 6.42 Å². The Morgan fingerprint density at radius 3 is 2.73 bits per heavy atom. The minimum Gasteiger partial charge on any atom is -0.239 e.